The van der Waals surface area contributed by atoms with Gasteiger partial charge in [-0.2, -0.15) is 0 Å². The van der Waals surface area contributed by atoms with Crippen molar-refractivity contribution in [3.05, 3.63) is 89.5 Å². The van der Waals surface area contributed by atoms with Crippen LogP contribution in [0.2, 0.25) is 0 Å². The Bertz CT molecular complexity index is 1000. The number of hydrogen-bond donors (Lipinski definition) is 2. The molecule has 27 heavy (non-hydrogen) atoms. The highest BCUT2D eigenvalue weighted by Gasteiger charge is 2.17. The fourth-order valence-corrected chi connectivity index (χ4v) is 3.82. The van der Waals surface area contributed by atoms with E-state index in [1.54, 1.807) is 12.1 Å². The average molecular weight is 374 g/mol. The Hall–Kier alpha value is -3.05. The minimum Gasteiger partial charge on any atom is -0.324 e. The summed E-state index contributed by atoms with van der Waals surface area (Å²) in [6.45, 7) is 0. The molecule has 0 radical (unpaired) electrons. The van der Waals surface area contributed by atoms with Gasteiger partial charge in [0.15, 0.2) is 0 Å². The molecule has 5 heteroatoms. The van der Waals surface area contributed by atoms with Gasteiger partial charge >= 0.3 is 0 Å². The summed E-state index contributed by atoms with van der Waals surface area (Å²) in [4.78, 5) is 25.3. The molecular weight excluding hydrogens is 356 g/mol. The lowest BCUT2D eigenvalue weighted by atomic mass is 10.0. The summed E-state index contributed by atoms with van der Waals surface area (Å²) in [5.41, 5.74) is 4.25. The zero-order valence-corrected chi connectivity index (χ0v) is 15.4. The highest BCUT2D eigenvalue weighted by atomic mass is 32.2. The second-order valence-corrected chi connectivity index (χ2v) is 7.34. The standard InChI is InChI=1S/C22H18N2O2S/c25-21-14-27-20-11-10-17(13-19(20)23-21)22(26)24-18-9-5-4-8-16(18)12-15-6-2-1-3-7-15/h1-11,13H,12,14H2,(H,23,25)(H,24,26). The van der Waals surface area contributed by atoms with Gasteiger partial charge < -0.3 is 10.6 Å². The number of fused-ring (bicyclic) bond motifs is 1. The summed E-state index contributed by atoms with van der Waals surface area (Å²) in [5, 5.41) is 5.83. The number of carbonyl (C=O) groups is 2. The average Bonchev–Trinajstić information content (AvgIpc) is 2.69. The molecule has 0 saturated carbocycles. The first kappa shape index (κ1) is 17.4. The summed E-state index contributed by atoms with van der Waals surface area (Å²) in [6.07, 6.45) is 0.744. The molecule has 3 aromatic rings. The van der Waals surface area contributed by atoms with Crippen LogP contribution in [0.3, 0.4) is 0 Å². The first-order valence-electron chi connectivity index (χ1n) is 8.69. The van der Waals surface area contributed by atoms with Crippen LogP contribution in [0.5, 0.6) is 0 Å². The number of amides is 2. The monoisotopic (exact) mass is 374 g/mol. The van der Waals surface area contributed by atoms with Gasteiger partial charge in [0.2, 0.25) is 5.91 Å². The molecule has 0 spiro atoms. The molecule has 134 valence electrons. The lowest BCUT2D eigenvalue weighted by Crippen LogP contribution is -2.20. The molecule has 0 atom stereocenters. The number of thioether (sulfide) groups is 1. The second kappa shape index (κ2) is 7.68. The summed E-state index contributed by atoms with van der Waals surface area (Å²) < 4.78 is 0. The van der Waals surface area contributed by atoms with Gasteiger partial charge in [0, 0.05) is 16.1 Å². The largest absolute Gasteiger partial charge is 0.324 e. The molecule has 4 rings (SSSR count). The van der Waals surface area contributed by atoms with E-state index in [1.807, 2.05) is 48.5 Å². The first-order valence-corrected chi connectivity index (χ1v) is 9.67. The Morgan fingerprint density at radius 2 is 1.78 bits per heavy atom. The Balaban J connectivity index is 1.55. The number of nitrogens with one attached hydrogen (secondary N) is 2. The smallest absolute Gasteiger partial charge is 0.255 e. The van der Waals surface area contributed by atoms with E-state index in [1.165, 1.54) is 17.3 Å². The van der Waals surface area contributed by atoms with Crippen LogP contribution in [-0.4, -0.2) is 17.6 Å². The van der Waals surface area contributed by atoms with E-state index in [2.05, 4.69) is 22.8 Å². The van der Waals surface area contributed by atoms with Crippen molar-refractivity contribution in [2.45, 2.75) is 11.3 Å². The maximum absolute atomic E-state index is 12.8. The molecule has 1 aliphatic rings. The van der Waals surface area contributed by atoms with E-state index in [0.717, 1.165) is 22.6 Å². The Labute approximate surface area is 162 Å². The van der Waals surface area contributed by atoms with Crippen molar-refractivity contribution in [3.8, 4) is 0 Å². The maximum Gasteiger partial charge on any atom is 0.255 e. The number of anilines is 2. The summed E-state index contributed by atoms with van der Waals surface area (Å²) >= 11 is 1.48. The third-order valence-corrected chi connectivity index (χ3v) is 5.45. The van der Waals surface area contributed by atoms with Crippen molar-refractivity contribution in [3.63, 3.8) is 0 Å². The zero-order chi connectivity index (χ0) is 18.6. The van der Waals surface area contributed by atoms with Crippen LogP contribution in [0.25, 0.3) is 0 Å². The molecule has 0 fully saturated rings. The molecule has 0 unspecified atom stereocenters. The maximum atomic E-state index is 12.8. The molecule has 0 bridgehead atoms. The normalized spacial score (nSPS) is 12.8. The Morgan fingerprint density at radius 3 is 2.63 bits per heavy atom. The number of benzene rings is 3. The molecule has 1 heterocycles. The van der Waals surface area contributed by atoms with Crippen molar-refractivity contribution >= 4 is 35.0 Å². The highest BCUT2D eigenvalue weighted by molar-refractivity contribution is 8.00. The van der Waals surface area contributed by atoms with Gasteiger partial charge in [0.05, 0.1) is 11.4 Å². The van der Waals surface area contributed by atoms with Gasteiger partial charge in [-0.25, -0.2) is 0 Å². The molecule has 3 aromatic carbocycles. The fraction of sp³-hybridized carbons (Fsp3) is 0.0909. The van der Waals surface area contributed by atoms with Gasteiger partial charge in [0.1, 0.15) is 0 Å². The van der Waals surface area contributed by atoms with Gasteiger partial charge in [-0.1, -0.05) is 48.5 Å². The third-order valence-electron chi connectivity index (χ3n) is 4.38. The minimum absolute atomic E-state index is 0.0433. The van der Waals surface area contributed by atoms with Crippen LogP contribution < -0.4 is 10.6 Å². The molecule has 0 aromatic heterocycles. The van der Waals surface area contributed by atoms with E-state index in [4.69, 9.17) is 0 Å². The van der Waals surface area contributed by atoms with E-state index in [-0.39, 0.29) is 11.8 Å². The number of carbonyl (C=O) groups excluding carboxylic acids is 2. The van der Waals surface area contributed by atoms with Crippen LogP contribution in [-0.2, 0) is 11.2 Å². The van der Waals surface area contributed by atoms with Gasteiger partial charge in [-0.15, -0.1) is 11.8 Å². The quantitative estimate of drug-likeness (QED) is 0.703. The number of para-hydroxylation sites is 1. The molecular formula is C22H18N2O2S. The molecule has 2 N–H and O–H groups in total. The van der Waals surface area contributed by atoms with Crippen LogP contribution in [0.15, 0.2) is 77.7 Å². The van der Waals surface area contributed by atoms with Crippen molar-refractivity contribution < 1.29 is 9.59 Å². The van der Waals surface area contributed by atoms with Crippen molar-refractivity contribution in [1.29, 1.82) is 0 Å². The zero-order valence-electron chi connectivity index (χ0n) is 14.6. The topological polar surface area (TPSA) is 58.2 Å². The molecule has 2 amide bonds. The number of hydrogen-bond acceptors (Lipinski definition) is 3. The van der Waals surface area contributed by atoms with Crippen LogP contribution in [0.1, 0.15) is 21.5 Å². The van der Waals surface area contributed by atoms with E-state index < -0.39 is 0 Å². The van der Waals surface area contributed by atoms with Crippen LogP contribution in [0.4, 0.5) is 11.4 Å². The summed E-state index contributed by atoms with van der Waals surface area (Å²) in [6, 6.07) is 23.4. The predicted octanol–water partition coefficient (Wildman–Crippen LogP) is 4.57. The number of rotatable bonds is 4. The summed E-state index contributed by atoms with van der Waals surface area (Å²) in [7, 11) is 0. The molecule has 0 saturated heterocycles. The lowest BCUT2D eigenvalue weighted by Gasteiger charge is -2.17. The van der Waals surface area contributed by atoms with E-state index in [0.29, 0.717) is 17.0 Å². The van der Waals surface area contributed by atoms with Gasteiger partial charge in [-0.3, -0.25) is 9.59 Å². The molecule has 0 aliphatic carbocycles. The van der Waals surface area contributed by atoms with E-state index in [9.17, 15) is 9.59 Å². The predicted molar refractivity (Wildman–Crippen MR) is 109 cm³/mol. The van der Waals surface area contributed by atoms with Crippen LogP contribution >= 0.6 is 11.8 Å². The minimum atomic E-state index is -0.192. The fourth-order valence-electron chi connectivity index (χ4n) is 3.03. The molecule has 1 aliphatic heterocycles. The van der Waals surface area contributed by atoms with Crippen molar-refractivity contribution in [1.82, 2.24) is 0 Å². The van der Waals surface area contributed by atoms with Crippen molar-refractivity contribution in [2.75, 3.05) is 16.4 Å². The Kier molecular flexibility index (Phi) is 4.94. The lowest BCUT2D eigenvalue weighted by molar-refractivity contribution is -0.113. The molecule has 4 nitrogen and oxygen atoms in total. The first-order chi connectivity index (χ1) is 13.2. The third kappa shape index (κ3) is 4.04. The van der Waals surface area contributed by atoms with Crippen molar-refractivity contribution in [2.24, 2.45) is 0 Å². The SMILES string of the molecule is O=C1CSc2ccc(C(=O)Nc3ccccc3Cc3ccccc3)cc2N1. The van der Waals surface area contributed by atoms with Crippen LogP contribution in [0, 0.1) is 0 Å². The van der Waals surface area contributed by atoms with E-state index >= 15 is 0 Å². The Morgan fingerprint density at radius 1 is 1.00 bits per heavy atom. The second-order valence-electron chi connectivity index (χ2n) is 6.32. The highest BCUT2D eigenvalue weighted by Crippen LogP contribution is 2.32. The van der Waals surface area contributed by atoms with Gasteiger partial charge in [-0.05, 0) is 41.8 Å². The summed E-state index contributed by atoms with van der Waals surface area (Å²) in [5.74, 6) is 0.173. The van der Waals surface area contributed by atoms with Gasteiger partial charge in [0.25, 0.3) is 5.91 Å².